The summed E-state index contributed by atoms with van der Waals surface area (Å²) in [5.74, 6) is -0.999. The van der Waals surface area contributed by atoms with Gasteiger partial charge in [0.25, 0.3) is 5.91 Å². The summed E-state index contributed by atoms with van der Waals surface area (Å²) in [4.78, 5) is 12.0. The Balaban J connectivity index is 2.21. The molecule has 0 aliphatic rings. The Morgan fingerprint density at radius 2 is 1.80 bits per heavy atom. The number of benzene rings is 2. The van der Waals surface area contributed by atoms with Crippen LogP contribution in [0, 0.1) is 5.82 Å². The van der Waals surface area contributed by atoms with Gasteiger partial charge in [-0.2, -0.15) is 0 Å². The Labute approximate surface area is 125 Å². The molecular weight excluding hydrogens is 304 g/mol. The van der Waals surface area contributed by atoms with E-state index < -0.39 is 11.7 Å². The van der Waals surface area contributed by atoms with Crippen LogP contribution in [0.15, 0.2) is 36.4 Å². The van der Waals surface area contributed by atoms with Gasteiger partial charge in [0.15, 0.2) is 11.6 Å². The number of ether oxygens (including phenoxy) is 1. The lowest BCUT2D eigenvalue weighted by molar-refractivity contribution is 0.102. The molecular formula is C14H10Cl2FNO2. The number of rotatable bonds is 3. The Morgan fingerprint density at radius 3 is 2.35 bits per heavy atom. The SMILES string of the molecule is COc1ccc(C(=O)Nc2cc(Cl)cc(Cl)c2)cc1F. The third kappa shape index (κ3) is 3.40. The lowest BCUT2D eigenvalue weighted by atomic mass is 10.2. The molecule has 0 radical (unpaired) electrons. The first-order chi connectivity index (χ1) is 9.49. The van der Waals surface area contributed by atoms with Crippen molar-refractivity contribution in [2.24, 2.45) is 0 Å². The fourth-order valence-electron chi connectivity index (χ4n) is 1.64. The first kappa shape index (κ1) is 14.6. The maximum Gasteiger partial charge on any atom is 0.255 e. The first-order valence-electron chi connectivity index (χ1n) is 5.60. The molecule has 0 saturated carbocycles. The summed E-state index contributed by atoms with van der Waals surface area (Å²) in [6.07, 6.45) is 0. The minimum atomic E-state index is -0.607. The zero-order chi connectivity index (χ0) is 14.7. The first-order valence-corrected chi connectivity index (χ1v) is 6.36. The number of anilines is 1. The molecule has 2 aromatic rings. The van der Waals surface area contributed by atoms with Crippen molar-refractivity contribution in [3.8, 4) is 5.75 Å². The largest absolute Gasteiger partial charge is 0.494 e. The van der Waals surface area contributed by atoms with Crippen LogP contribution in [-0.2, 0) is 0 Å². The highest BCUT2D eigenvalue weighted by molar-refractivity contribution is 6.35. The Bertz CT molecular complexity index is 641. The van der Waals surface area contributed by atoms with E-state index in [1.807, 2.05) is 0 Å². The maximum absolute atomic E-state index is 13.5. The van der Waals surface area contributed by atoms with Crippen LogP contribution in [0.1, 0.15) is 10.4 Å². The maximum atomic E-state index is 13.5. The summed E-state index contributed by atoms with van der Waals surface area (Å²) >= 11 is 11.7. The van der Waals surface area contributed by atoms with E-state index in [2.05, 4.69) is 5.32 Å². The Hall–Kier alpha value is -1.78. The summed E-state index contributed by atoms with van der Waals surface area (Å²) in [6.45, 7) is 0. The molecule has 0 aliphatic carbocycles. The molecule has 0 saturated heterocycles. The molecule has 1 amide bonds. The second kappa shape index (κ2) is 6.11. The van der Waals surface area contributed by atoms with E-state index in [4.69, 9.17) is 27.9 Å². The summed E-state index contributed by atoms with van der Waals surface area (Å²) in [6, 6.07) is 8.58. The molecule has 0 bridgehead atoms. The van der Waals surface area contributed by atoms with E-state index in [0.717, 1.165) is 6.07 Å². The third-order valence-electron chi connectivity index (χ3n) is 2.53. The van der Waals surface area contributed by atoms with Crippen molar-refractivity contribution in [1.82, 2.24) is 0 Å². The van der Waals surface area contributed by atoms with Gasteiger partial charge < -0.3 is 10.1 Å². The number of nitrogens with one attached hydrogen (secondary N) is 1. The van der Waals surface area contributed by atoms with E-state index in [9.17, 15) is 9.18 Å². The van der Waals surface area contributed by atoms with Crippen LogP contribution in [0.4, 0.5) is 10.1 Å². The normalized spacial score (nSPS) is 10.2. The van der Waals surface area contributed by atoms with Crippen LogP contribution >= 0.6 is 23.2 Å². The standard InChI is InChI=1S/C14H10Cl2FNO2/c1-20-13-3-2-8(4-12(13)17)14(19)18-11-6-9(15)5-10(16)7-11/h2-7H,1H3,(H,18,19). The average Bonchev–Trinajstić information content (AvgIpc) is 2.37. The second-order valence-corrected chi connectivity index (χ2v) is 4.83. The fourth-order valence-corrected chi connectivity index (χ4v) is 2.16. The minimum Gasteiger partial charge on any atom is -0.494 e. The van der Waals surface area contributed by atoms with Crippen LogP contribution in [0.25, 0.3) is 0 Å². The Morgan fingerprint density at radius 1 is 1.15 bits per heavy atom. The highest BCUT2D eigenvalue weighted by atomic mass is 35.5. The second-order valence-electron chi connectivity index (χ2n) is 3.96. The fraction of sp³-hybridized carbons (Fsp3) is 0.0714. The van der Waals surface area contributed by atoms with Gasteiger partial charge in [-0.3, -0.25) is 4.79 Å². The number of methoxy groups -OCH3 is 1. The molecule has 2 rings (SSSR count). The van der Waals surface area contributed by atoms with E-state index in [-0.39, 0.29) is 11.3 Å². The van der Waals surface area contributed by atoms with Crippen molar-refractivity contribution in [1.29, 1.82) is 0 Å². The van der Waals surface area contributed by atoms with Crippen LogP contribution < -0.4 is 10.1 Å². The predicted molar refractivity (Wildman–Crippen MR) is 77.4 cm³/mol. The van der Waals surface area contributed by atoms with Gasteiger partial charge in [-0.05, 0) is 36.4 Å². The average molecular weight is 314 g/mol. The van der Waals surface area contributed by atoms with Crippen LogP contribution in [0.2, 0.25) is 10.0 Å². The number of carbonyl (C=O) groups is 1. The number of hydrogen-bond donors (Lipinski definition) is 1. The van der Waals surface area contributed by atoms with Crippen LogP contribution in [0.3, 0.4) is 0 Å². The molecule has 2 aromatic carbocycles. The van der Waals surface area contributed by atoms with Gasteiger partial charge >= 0.3 is 0 Å². The summed E-state index contributed by atoms with van der Waals surface area (Å²) in [5, 5.41) is 3.38. The number of amides is 1. The summed E-state index contributed by atoms with van der Waals surface area (Å²) < 4.78 is 18.3. The predicted octanol–water partition coefficient (Wildman–Crippen LogP) is 4.39. The van der Waals surface area contributed by atoms with Gasteiger partial charge in [0.05, 0.1) is 7.11 Å². The van der Waals surface area contributed by atoms with E-state index in [1.165, 1.54) is 19.2 Å². The van der Waals surface area contributed by atoms with Gasteiger partial charge in [0, 0.05) is 21.3 Å². The van der Waals surface area contributed by atoms with Crippen molar-refractivity contribution in [3.05, 3.63) is 57.8 Å². The molecule has 1 N–H and O–H groups in total. The summed E-state index contributed by atoms with van der Waals surface area (Å²) in [5.41, 5.74) is 0.600. The van der Waals surface area contributed by atoms with E-state index in [1.54, 1.807) is 18.2 Å². The molecule has 0 heterocycles. The lowest BCUT2D eigenvalue weighted by Gasteiger charge is -2.08. The quantitative estimate of drug-likeness (QED) is 0.912. The minimum absolute atomic E-state index is 0.0763. The molecule has 0 atom stereocenters. The highest BCUT2D eigenvalue weighted by Crippen LogP contribution is 2.23. The molecule has 0 aromatic heterocycles. The van der Waals surface area contributed by atoms with Gasteiger partial charge in [-0.1, -0.05) is 23.2 Å². The van der Waals surface area contributed by atoms with E-state index >= 15 is 0 Å². The third-order valence-corrected chi connectivity index (χ3v) is 2.97. The zero-order valence-electron chi connectivity index (χ0n) is 10.4. The van der Waals surface area contributed by atoms with Gasteiger partial charge in [-0.25, -0.2) is 4.39 Å². The van der Waals surface area contributed by atoms with Gasteiger partial charge in [-0.15, -0.1) is 0 Å². The zero-order valence-corrected chi connectivity index (χ0v) is 11.9. The highest BCUT2D eigenvalue weighted by Gasteiger charge is 2.11. The van der Waals surface area contributed by atoms with Crippen molar-refractivity contribution in [2.75, 3.05) is 12.4 Å². The number of halogens is 3. The molecule has 3 nitrogen and oxygen atoms in total. The monoisotopic (exact) mass is 313 g/mol. The van der Waals surface area contributed by atoms with Crippen molar-refractivity contribution in [2.45, 2.75) is 0 Å². The number of carbonyl (C=O) groups excluding carboxylic acids is 1. The van der Waals surface area contributed by atoms with Gasteiger partial charge in [0.2, 0.25) is 0 Å². The van der Waals surface area contributed by atoms with Gasteiger partial charge in [0.1, 0.15) is 0 Å². The molecule has 104 valence electrons. The smallest absolute Gasteiger partial charge is 0.255 e. The van der Waals surface area contributed by atoms with E-state index in [0.29, 0.717) is 15.7 Å². The molecule has 0 unspecified atom stereocenters. The van der Waals surface area contributed by atoms with Crippen molar-refractivity contribution >= 4 is 34.8 Å². The molecule has 0 fully saturated rings. The number of hydrogen-bond acceptors (Lipinski definition) is 2. The molecule has 20 heavy (non-hydrogen) atoms. The van der Waals surface area contributed by atoms with Crippen LogP contribution in [-0.4, -0.2) is 13.0 Å². The topological polar surface area (TPSA) is 38.3 Å². The molecule has 0 spiro atoms. The van der Waals surface area contributed by atoms with Crippen molar-refractivity contribution in [3.63, 3.8) is 0 Å². The summed E-state index contributed by atoms with van der Waals surface area (Å²) in [7, 11) is 1.35. The van der Waals surface area contributed by atoms with Crippen LogP contribution in [0.5, 0.6) is 5.75 Å². The molecule has 0 aliphatic heterocycles. The molecule has 6 heteroatoms. The lowest BCUT2D eigenvalue weighted by Crippen LogP contribution is -2.12. The van der Waals surface area contributed by atoms with Crippen molar-refractivity contribution < 1.29 is 13.9 Å². The Kier molecular flexibility index (Phi) is 4.47.